The molecule has 2 aromatic carbocycles. The van der Waals surface area contributed by atoms with Gasteiger partial charge in [0.2, 0.25) is 23.4 Å². The highest BCUT2D eigenvalue weighted by molar-refractivity contribution is 5.86. The highest BCUT2D eigenvalue weighted by atomic mass is 16.6. The van der Waals surface area contributed by atoms with E-state index in [-0.39, 0.29) is 42.2 Å². The minimum absolute atomic E-state index is 0.0333. The second-order valence-electron chi connectivity index (χ2n) is 17.5. The van der Waals surface area contributed by atoms with Crippen LogP contribution in [0.15, 0.2) is 51.6 Å². The smallest absolute Gasteiger partial charge is 0.410 e. The Kier molecular flexibility index (Phi) is 10.5. The molecule has 3 amide bonds. The van der Waals surface area contributed by atoms with Crippen molar-refractivity contribution in [3.63, 3.8) is 0 Å². The third-order valence-corrected chi connectivity index (χ3v) is 12.9. The maximum absolute atomic E-state index is 13.6. The number of hydrogen-bond donors (Lipinski definition) is 1. The zero-order valence-corrected chi connectivity index (χ0v) is 35.7. The van der Waals surface area contributed by atoms with Crippen LogP contribution in [0.1, 0.15) is 80.9 Å². The summed E-state index contributed by atoms with van der Waals surface area (Å²) in [6, 6.07) is 12.2. The van der Waals surface area contributed by atoms with Crippen molar-refractivity contribution in [2.75, 3.05) is 66.6 Å². The number of likely N-dealkylation sites (tertiary alicyclic amines) is 3. The van der Waals surface area contributed by atoms with Gasteiger partial charge in [0, 0.05) is 92.5 Å². The van der Waals surface area contributed by atoms with Crippen LogP contribution in [0.3, 0.4) is 0 Å². The molecule has 0 aliphatic carbocycles. The first-order chi connectivity index (χ1) is 30.5. The lowest BCUT2D eigenvalue weighted by molar-refractivity contribution is -0.00873. The van der Waals surface area contributed by atoms with E-state index in [2.05, 4.69) is 31.5 Å². The van der Waals surface area contributed by atoms with Crippen LogP contribution in [-0.2, 0) is 20.6 Å². The average Bonchev–Trinajstić information content (AvgIpc) is 4.09. The van der Waals surface area contributed by atoms with Gasteiger partial charge in [-0.3, -0.25) is 9.36 Å². The van der Waals surface area contributed by atoms with Gasteiger partial charge >= 0.3 is 18.3 Å². The van der Waals surface area contributed by atoms with Gasteiger partial charge in [-0.1, -0.05) is 34.6 Å². The van der Waals surface area contributed by atoms with Crippen LogP contribution in [0, 0.1) is 0 Å². The molecule has 0 unspecified atom stereocenters. The fourth-order valence-electron chi connectivity index (χ4n) is 9.08. The molecule has 4 aliphatic heterocycles. The van der Waals surface area contributed by atoms with Gasteiger partial charge in [0.15, 0.2) is 0 Å². The van der Waals surface area contributed by atoms with Crippen molar-refractivity contribution in [1.29, 1.82) is 0 Å². The van der Waals surface area contributed by atoms with Crippen LogP contribution >= 0.6 is 0 Å². The molecule has 10 rings (SSSR count). The first-order valence-corrected chi connectivity index (χ1v) is 21.5. The van der Waals surface area contributed by atoms with Crippen LogP contribution < -0.4 is 5.32 Å². The SMILES string of the molecule is COC(=O)N1CCC(c2nc(-c3ccc4cnn(C5CN(C(=O)OC(C)(C)Cc6nn(C7CNC7)c7cc(-c8noc(C9CCN(C(=O)OC)CC9)n8)ccc67)C5)c4c3)no2)CC1. The molecule has 330 valence electrons. The van der Waals surface area contributed by atoms with Gasteiger partial charge in [-0.05, 0) is 51.7 Å². The van der Waals surface area contributed by atoms with Gasteiger partial charge in [0.25, 0.3) is 0 Å². The lowest BCUT2D eigenvalue weighted by Gasteiger charge is -2.40. The van der Waals surface area contributed by atoms with Crippen LogP contribution in [0.25, 0.3) is 44.6 Å². The van der Waals surface area contributed by atoms with E-state index in [4.69, 9.17) is 38.3 Å². The topological polar surface area (TPSA) is 214 Å². The third-order valence-electron chi connectivity index (χ3n) is 12.9. The Balaban J connectivity index is 0.781. The molecule has 20 heteroatoms. The molecule has 20 nitrogen and oxygen atoms in total. The molecule has 4 aliphatic rings. The summed E-state index contributed by atoms with van der Waals surface area (Å²) in [7, 11) is 2.78. The molecule has 0 radical (unpaired) electrons. The molecule has 4 fully saturated rings. The van der Waals surface area contributed by atoms with E-state index in [9.17, 15) is 14.4 Å². The van der Waals surface area contributed by atoms with Crippen LogP contribution in [0.5, 0.6) is 0 Å². The molecule has 8 heterocycles. The highest BCUT2D eigenvalue weighted by Gasteiger charge is 2.38. The quantitative estimate of drug-likeness (QED) is 0.177. The van der Waals surface area contributed by atoms with Crippen LogP contribution in [-0.4, -0.2) is 145 Å². The molecule has 0 bridgehead atoms. The minimum Gasteiger partial charge on any atom is -0.453 e. The number of ether oxygens (including phenoxy) is 3. The summed E-state index contributed by atoms with van der Waals surface area (Å²) in [5, 5.41) is 23.7. The van der Waals surface area contributed by atoms with Gasteiger partial charge in [0.1, 0.15) is 5.60 Å². The van der Waals surface area contributed by atoms with E-state index in [1.165, 1.54) is 14.2 Å². The molecule has 1 N–H and O–H groups in total. The number of rotatable bonds is 9. The number of methoxy groups -OCH3 is 2. The molecule has 0 atom stereocenters. The van der Waals surface area contributed by atoms with Crippen molar-refractivity contribution >= 4 is 40.1 Å². The monoisotopic (exact) mass is 862 g/mol. The summed E-state index contributed by atoms with van der Waals surface area (Å²) in [6.07, 6.45) is 4.08. The Morgan fingerprint density at radius 3 is 1.86 bits per heavy atom. The fraction of sp³-hybridized carbons (Fsp3) is 0.512. The Hall–Kier alpha value is -6.57. The zero-order valence-electron chi connectivity index (χ0n) is 35.7. The number of nitrogens with one attached hydrogen (secondary N) is 1. The predicted octanol–water partition coefficient (Wildman–Crippen LogP) is 5.54. The number of carbonyl (C=O) groups is 3. The molecular weight excluding hydrogens is 813 g/mol. The van der Waals surface area contributed by atoms with E-state index < -0.39 is 5.60 Å². The number of aromatic nitrogens is 8. The van der Waals surface area contributed by atoms with E-state index >= 15 is 0 Å². The number of piperidine rings is 2. The zero-order chi connectivity index (χ0) is 43.4. The Morgan fingerprint density at radius 2 is 1.30 bits per heavy atom. The summed E-state index contributed by atoms with van der Waals surface area (Å²) in [4.78, 5) is 52.0. The summed E-state index contributed by atoms with van der Waals surface area (Å²) in [5.41, 5.74) is 3.47. The second kappa shape index (κ2) is 16.3. The maximum atomic E-state index is 13.6. The molecule has 63 heavy (non-hydrogen) atoms. The van der Waals surface area contributed by atoms with Crippen LogP contribution in [0.2, 0.25) is 0 Å². The van der Waals surface area contributed by atoms with Crippen molar-refractivity contribution in [2.24, 2.45) is 0 Å². The Morgan fingerprint density at radius 1 is 0.730 bits per heavy atom. The number of fused-ring (bicyclic) bond motifs is 2. The number of carbonyl (C=O) groups excluding carboxylic acids is 3. The van der Waals surface area contributed by atoms with E-state index in [0.717, 1.165) is 77.4 Å². The van der Waals surface area contributed by atoms with Gasteiger partial charge in [-0.2, -0.15) is 20.2 Å². The van der Waals surface area contributed by atoms with Crippen molar-refractivity contribution in [3.8, 4) is 22.8 Å². The van der Waals surface area contributed by atoms with Crippen LogP contribution in [0.4, 0.5) is 14.4 Å². The first-order valence-electron chi connectivity index (χ1n) is 21.5. The second-order valence-corrected chi connectivity index (χ2v) is 17.5. The molecule has 4 saturated heterocycles. The van der Waals surface area contributed by atoms with Crippen molar-refractivity contribution in [3.05, 3.63) is 60.1 Å². The number of hydrogen-bond acceptors (Lipinski definition) is 15. The van der Waals surface area contributed by atoms with Gasteiger partial charge in [-0.25, -0.2) is 14.4 Å². The van der Waals surface area contributed by atoms with Crippen molar-refractivity contribution < 1.29 is 37.6 Å². The normalized spacial score (nSPS) is 18.2. The average molecular weight is 863 g/mol. The van der Waals surface area contributed by atoms with Gasteiger partial charge in [0.05, 0.1) is 49.2 Å². The Labute approximate surface area is 361 Å². The largest absolute Gasteiger partial charge is 0.453 e. The summed E-state index contributed by atoms with van der Waals surface area (Å²) in [5.74, 6) is 2.26. The van der Waals surface area contributed by atoms with Crippen molar-refractivity contribution in [2.45, 2.75) is 75.5 Å². The number of nitrogens with zero attached hydrogens (tertiary/aromatic N) is 11. The fourth-order valence-corrected chi connectivity index (χ4v) is 9.08. The summed E-state index contributed by atoms with van der Waals surface area (Å²) in [6.45, 7) is 8.62. The van der Waals surface area contributed by atoms with E-state index in [1.54, 1.807) is 14.7 Å². The molecule has 0 spiro atoms. The minimum atomic E-state index is -0.855. The van der Waals surface area contributed by atoms with Crippen molar-refractivity contribution in [1.82, 2.24) is 59.9 Å². The molecular formula is C43H50N12O8. The Bertz CT molecular complexity index is 2660. The standard InChI is InChI=1S/C43H50N12O8/c1-43(2,19-33-32-8-7-28(18-35(32)55(48-33)30-21-44-22-30)37-47-39(63-50-37)26-11-15-52(16-12-26)41(57)60-4)61-42(58)53-23-31(24-53)54-34-17-27(5-6-29(34)20-45-54)36-46-38(62-49-36)25-9-13-51(14-10-25)40(56)59-3/h5-8,17-18,20,25-26,30-31,44H,9-16,19,21-24H2,1-4H3. The number of benzene rings is 2. The number of amides is 3. The first kappa shape index (κ1) is 40.5. The van der Waals surface area contributed by atoms with Gasteiger partial charge < -0.3 is 43.3 Å². The highest BCUT2D eigenvalue weighted by Crippen LogP contribution is 2.35. The van der Waals surface area contributed by atoms with Gasteiger partial charge in [-0.15, -0.1) is 0 Å². The summed E-state index contributed by atoms with van der Waals surface area (Å²) < 4.78 is 31.3. The lowest BCUT2D eigenvalue weighted by Crippen LogP contribution is -2.52. The molecule has 0 saturated carbocycles. The maximum Gasteiger partial charge on any atom is 0.410 e. The predicted molar refractivity (Wildman–Crippen MR) is 225 cm³/mol. The molecule has 6 aromatic rings. The third kappa shape index (κ3) is 7.80. The lowest BCUT2D eigenvalue weighted by atomic mass is 9.97. The van der Waals surface area contributed by atoms with E-state index in [0.29, 0.717) is 69.1 Å². The molecule has 4 aromatic heterocycles. The summed E-state index contributed by atoms with van der Waals surface area (Å²) >= 11 is 0. The van der Waals surface area contributed by atoms with E-state index in [1.807, 2.05) is 55.1 Å².